The number of rotatable bonds is 1. The molecule has 1 nitrogen and oxygen atoms in total. The van der Waals surface area contributed by atoms with Crippen molar-refractivity contribution in [3.05, 3.63) is 48.5 Å². The molecule has 0 aliphatic carbocycles. The van der Waals surface area contributed by atoms with Gasteiger partial charge in [-0.15, -0.1) is 12.6 Å². The second kappa shape index (κ2) is 3.80. The second-order valence-corrected chi connectivity index (χ2v) is 3.31. The highest BCUT2D eigenvalue weighted by atomic mass is 32.1. The van der Waals surface area contributed by atoms with Crippen molar-refractivity contribution >= 4 is 12.6 Å². The molecule has 2 rings (SSSR count). The number of benzene rings is 1. The normalized spacial score (nSPS) is 10.1. The monoisotopic (exact) mass is 205 g/mol. The van der Waals surface area contributed by atoms with Gasteiger partial charge in [0.05, 0.1) is 4.90 Å². The lowest BCUT2D eigenvalue weighted by molar-refractivity contribution is 0.559. The Morgan fingerprint density at radius 1 is 1.07 bits per heavy atom. The van der Waals surface area contributed by atoms with Gasteiger partial charge < -0.3 is 0 Å². The Kier molecular flexibility index (Phi) is 2.50. The summed E-state index contributed by atoms with van der Waals surface area (Å²) < 4.78 is 13.1. The fourth-order valence-electron chi connectivity index (χ4n) is 1.28. The third-order valence-electron chi connectivity index (χ3n) is 1.96. The largest absolute Gasteiger partial charge is 0.227 e. The molecule has 0 fully saturated rings. The van der Waals surface area contributed by atoms with Gasteiger partial charge in [0.25, 0.3) is 0 Å². The molecule has 0 saturated carbocycles. The summed E-state index contributed by atoms with van der Waals surface area (Å²) in [5.41, 5.74) is 1.71. The van der Waals surface area contributed by atoms with E-state index in [-0.39, 0.29) is 0 Å². The van der Waals surface area contributed by atoms with Gasteiger partial charge in [0.2, 0.25) is 5.95 Å². The van der Waals surface area contributed by atoms with Crippen LogP contribution in [-0.2, 0) is 0 Å². The van der Waals surface area contributed by atoms with Crippen LogP contribution in [0.2, 0.25) is 0 Å². The van der Waals surface area contributed by atoms with E-state index in [0.29, 0.717) is 4.90 Å². The predicted molar refractivity (Wildman–Crippen MR) is 56.9 cm³/mol. The van der Waals surface area contributed by atoms with E-state index < -0.39 is 5.95 Å². The first-order chi connectivity index (χ1) is 6.79. The fraction of sp³-hybridized carbons (Fsp3) is 0. The molecule has 3 heteroatoms. The molecular weight excluding hydrogens is 197 g/mol. The van der Waals surface area contributed by atoms with Crippen LogP contribution >= 0.6 is 12.6 Å². The van der Waals surface area contributed by atoms with Crippen molar-refractivity contribution in [2.75, 3.05) is 0 Å². The highest BCUT2D eigenvalue weighted by molar-refractivity contribution is 7.80. The van der Waals surface area contributed by atoms with E-state index in [1.807, 2.05) is 30.3 Å². The summed E-state index contributed by atoms with van der Waals surface area (Å²) in [6, 6.07) is 11.3. The molecule has 1 aromatic heterocycles. The van der Waals surface area contributed by atoms with Gasteiger partial charge in [-0.1, -0.05) is 30.3 Å². The summed E-state index contributed by atoms with van der Waals surface area (Å²) in [5, 5.41) is 0. The Labute approximate surface area is 87.0 Å². The Morgan fingerprint density at radius 2 is 1.79 bits per heavy atom. The molecule has 0 aliphatic rings. The Hall–Kier alpha value is -1.35. The van der Waals surface area contributed by atoms with Gasteiger partial charge in [-0.05, 0) is 11.6 Å². The van der Waals surface area contributed by atoms with E-state index in [1.165, 1.54) is 6.20 Å². The molecule has 0 amide bonds. The fourth-order valence-corrected chi connectivity index (χ4v) is 1.54. The van der Waals surface area contributed by atoms with Crippen LogP contribution in [0, 0.1) is 5.95 Å². The minimum Gasteiger partial charge on any atom is -0.227 e. The maximum absolute atomic E-state index is 13.1. The van der Waals surface area contributed by atoms with Crippen LogP contribution in [-0.4, -0.2) is 4.98 Å². The SMILES string of the molecule is Fc1nccc(-c2ccccc2)c1S. The molecular formula is C11H8FNS. The molecule has 0 aliphatic heterocycles. The van der Waals surface area contributed by atoms with Crippen molar-refractivity contribution < 1.29 is 4.39 Å². The first-order valence-corrected chi connectivity index (χ1v) is 4.62. The third kappa shape index (κ3) is 1.63. The van der Waals surface area contributed by atoms with Crippen LogP contribution in [0.5, 0.6) is 0 Å². The summed E-state index contributed by atoms with van der Waals surface area (Å²) in [6.45, 7) is 0. The van der Waals surface area contributed by atoms with Crippen LogP contribution in [0.4, 0.5) is 4.39 Å². The van der Waals surface area contributed by atoms with E-state index >= 15 is 0 Å². The lowest BCUT2D eigenvalue weighted by Gasteiger charge is -2.04. The molecule has 0 saturated heterocycles. The van der Waals surface area contributed by atoms with Gasteiger partial charge in [-0.25, -0.2) is 4.98 Å². The number of nitrogens with zero attached hydrogens (tertiary/aromatic N) is 1. The van der Waals surface area contributed by atoms with Gasteiger partial charge in [0, 0.05) is 11.8 Å². The zero-order chi connectivity index (χ0) is 9.97. The molecule has 0 atom stereocenters. The quantitative estimate of drug-likeness (QED) is 0.557. The lowest BCUT2D eigenvalue weighted by atomic mass is 10.1. The molecule has 14 heavy (non-hydrogen) atoms. The van der Waals surface area contributed by atoms with Crippen molar-refractivity contribution in [3.63, 3.8) is 0 Å². The molecule has 2 aromatic rings. The van der Waals surface area contributed by atoms with Crippen LogP contribution < -0.4 is 0 Å². The van der Waals surface area contributed by atoms with Crippen LogP contribution in [0.1, 0.15) is 0 Å². The number of hydrogen-bond acceptors (Lipinski definition) is 2. The smallest absolute Gasteiger partial charge is 0.226 e. The maximum atomic E-state index is 13.1. The Bertz CT molecular complexity index is 442. The van der Waals surface area contributed by atoms with Crippen LogP contribution in [0.15, 0.2) is 47.5 Å². The maximum Gasteiger partial charge on any atom is 0.226 e. The molecule has 1 aromatic carbocycles. The van der Waals surface area contributed by atoms with Gasteiger partial charge in [0.15, 0.2) is 0 Å². The third-order valence-corrected chi connectivity index (χ3v) is 2.39. The summed E-state index contributed by atoms with van der Waals surface area (Å²) in [4.78, 5) is 3.81. The van der Waals surface area contributed by atoms with E-state index in [9.17, 15) is 4.39 Å². The highest BCUT2D eigenvalue weighted by Gasteiger charge is 2.06. The van der Waals surface area contributed by atoms with Crippen molar-refractivity contribution in [3.8, 4) is 11.1 Å². The number of hydrogen-bond donors (Lipinski definition) is 1. The standard InChI is InChI=1S/C11H8FNS/c12-11-10(14)9(6-7-13-11)8-4-2-1-3-5-8/h1-7,14H. The van der Waals surface area contributed by atoms with Crippen LogP contribution in [0.3, 0.4) is 0 Å². The predicted octanol–water partition coefficient (Wildman–Crippen LogP) is 3.18. The summed E-state index contributed by atoms with van der Waals surface area (Å²) in [6.07, 6.45) is 1.44. The number of halogens is 1. The van der Waals surface area contributed by atoms with E-state index in [1.54, 1.807) is 6.07 Å². The summed E-state index contributed by atoms with van der Waals surface area (Å²) >= 11 is 4.09. The molecule has 0 N–H and O–H groups in total. The minimum atomic E-state index is -0.533. The second-order valence-electron chi connectivity index (χ2n) is 2.86. The molecule has 70 valence electrons. The molecule has 0 bridgehead atoms. The zero-order valence-corrected chi connectivity index (χ0v) is 8.21. The number of aromatic nitrogens is 1. The number of pyridine rings is 1. The molecule has 0 spiro atoms. The van der Waals surface area contributed by atoms with Gasteiger partial charge in [-0.3, -0.25) is 0 Å². The van der Waals surface area contributed by atoms with E-state index in [4.69, 9.17) is 0 Å². The van der Waals surface area contributed by atoms with E-state index in [2.05, 4.69) is 17.6 Å². The van der Waals surface area contributed by atoms with Crippen molar-refractivity contribution in [1.29, 1.82) is 0 Å². The Morgan fingerprint density at radius 3 is 2.50 bits per heavy atom. The highest BCUT2D eigenvalue weighted by Crippen LogP contribution is 2.26. The van der Waals surface area contributed by atoms with Crippen molar-refractivity contribution in [1.82, 2.24) is 4.98 Å². The van der Waals surface area contributed by atoms with E-state index in [0.717, 1.165) is 11.1 Å². The molecule has 0 unspecified atom stereocenters. The lowest BCUT2D eigenvalue weighted by Crippen LogP contribution is -1.87. The van der Waals surface area contributed by atoms with Crippen LogP contribution in [0.25, 0.3) is 11.1 Å². The summed E-state index contributed by atoms with van der Waals surface area (Å²) in [7, 11) is 0. The first kappa shape index (κ1) is 9.21. The minimum absolute atomic E-state index is 0.290. The first-order valence-electron chi connectivity index (χ1n) is 4.18. The topological polar surface area (TPSA) is 12.9 Å². The average Bonchev–Trinajstić information content (AvgIpc) is 2.23. The number of thiol groups is 1. The van der Waals surface area contributed by atoms with Gasteiger partial charge in [-0.2, -0.15) is 4.39 Å². The molecule has 1 heterocycles. The molecule has 0 radical (unpaired) electrons. The van der Waals surface area contributed by atoms with Crippen molar-refractivity contribution in [2.45, 2.75) is 4.90 Å². The zero-order valence-electron chi connectivity index (χ0n) is 7.31. The Balaban J connectivity index is 2.58. The van der Waals surface area contributed by atoms with Gasteiger partial charge in [0.1, 0.15) is 0 Å². The summed E-state index contributed by atoms with van der Waals surface area (Å²) in [5.74, 6) is -0.533. The van der Waals surface area contributed by atoms with Crippen molar-refractivity contribution in [2.24, 2.45) is 0 Å². The average molecular weight is 205 g/mol. The van der Waals surface area contributed by atoms with Gasteiger partial charge >= 0.3 is 0 Å².